The van der Waals surface area contributed by atoms with Crippen molar-refractivity contribution in [2.75, 3.05) is 0 Å². The third kappa shape index (κ3) is 7.60. The zero-order valence-electron chi connectivity index (χ0n) is 22.7. The maximum absolute atomic E-state index is 14.8. The van der Waals surface area contributed by atoms with Crippen LogP contribution in [0.3, 0.4) is 0 Å². The first-order valence-corrected chi connectivity index (χ1v) is 14.1. The molecule has 0 unspecified atom stereocenters. The summed E-state index contributed by atoms with van der Waals surface area (Å²) < 4.78 is 129. The summed E-state index contributed by atoms with van der Waals surface area (Å²) in [6, 6.07) is 1.35. The molecule has 1 nitrogen and oxygen atoms in total. The van der Waals surface area contributed by atoms with E-state index in [1.54, 1.807) is 0 Å². The van der Waals surface area contributed by atoms with Gasteiger partial charge < -0.3 is 4.74 Å². The van der Waals surface area contributed by atoms with Crippen molar-refractivity contribution in [3.63, 3.8) is 0 Å². The van der Waals surface area contributed by atoms with E-state index in [4.69, 9.17) is 0 Å². The molecular weight excluding hydrogens is 559 g/mol. The van der Waals surface area contributed by atoms with Crippen LogP contribution in [0.1, 0.15) is 93.7 Å². The lowest BCUT2D eigenvalue weighted by Crippen LogP contribution is -2.26. The first-order chi connectivity index (χ1) is 19.3. The highest BCUT2D eigenvalue weighted by molar-refractivity contribution is 5.35. The molecule has 2 aliphatic rings. The van der Waals surface area contributed by atoms with E-state index in [0.717, 1.165) is 30.9 Å². The van der Waals surface area contributed by atoms with Crippen molar-refractivity contribution in [2.24, 2.45) is 17.8 Å². The molecule has 0 bridgehead atoms. The van der Waals surface area contributed by atoms with Crippen molar-refractivity contribution in [3.8, 4) is 5.75 Å². The van der Waals surface area contributed by atoms with Gasteiger partial charge in [-0.15, -0.1) is 0 Å². The van der Waals surface area contributed by atoms with E-state index in [-0.39, 0.29) is 23.6 Å². The minimum atomic E-state index is -5.42. The highest BCUT2D eigenvalue weighted by Crippen LogP contribution is 2.42. The van der Waals surface area contributed by atoms with Gasteiger partial charge in [-0.3, -0.25) is 0 Å². The molecule has 0 heterocycles. The van der Waals surface area contributed by atoms with Gasteiger partial charge in [-0.1, -0.05) is 31.9 Å². The van der Waals surface area contributed by atoms with Gasteiger partial charge >= 0.3 is 12.3 Å². The molecule has 0 aromatic heterocycles. The average Bonchev–Trinajstić information content (AvgIpc) is 2.86. The minimum absolute atomic E-state index is 0.117. The lowest BCUT2D eigenvalue weighted by Gasteiger charge is -2.29. The molecule has 2 fully saturated rings. The van der Waals surface area contributed by atoms with Crippen molar-refractivity contribution >= 4 is 0 Å². The number of halogens is 9. The van der Waals surface area contributed by atoms with Crippen molar-refractivity contribution < 1.29 is 44.3 Å². The van der Waals surface area contributed by atoms with Gasteiger partial charge in [-0.25, -0.2) is 17.6 Å². The average molecular weight is 593 g/mol. The van der Waals surface area contributed by atoms with Gasteiger partial charge in [0.05, 0.1) is 0 Å². The van der Waals surface area contributed by atoms with E-state index in [9.17, 15) is 39.5 Å². The van der Waals surface area contributed by atoms with Gasteiger partial charge in [0.2, 0.25) is 0 Å². The monoisotopic (exact) mass is 592 g/mol. The standard InChI is InChI=1S/C31H33F9O/c1-2-3-18-4-6-19(7-5-18)8-9-20-10-12-21(13-11-20)22-14-24(32)29(25(33)15-22)31(39,40)41-23-16-26(34)28(27(35)17-23)30(36,37)38/h8-9,14-21H,2-7,10-13H2,1H3/b9-8+. The zero-order chi connectivity index (χ0) is 29.9. The van der Waals surface area contributed by atoms with Crippen LogP contribution in [0.2, 0.25) is 0 Å². The van der Waals surface area contributed by atoms with Crippen molar-refractivity contribution in [3.05, 3.63) is 76.4 Å². The Labute approximate surface area is 233 Å². The summed E-state index contributed by atoms with van der Waals surface area (Å²) in [5, 5.41) is 0. The third-order valence-electron chi connectivity index (χ3n) is 8.39. The fraction of sp³-hybridized carbons (Fsp3) is 0.548. The second kappa shape index (κ2) is 12.7. The zero-order valence-corrected chi connectivity index (χ0v) is 22.7. The summed E-state index contributed by atoms with van der Waals surface area (Å²) in [5.74, 6) is -7.51. The Morgan fingerprint density at radius 1 is 0.683 bits per heavy atom. The van der Waals surface area contributed by atoms with Crippen LogP contribution in [0.15, 0.2) is 36.4 Å². The summed E-state index contributed by atoms with van der Waals surface area (Å²) in [6.07, 6.45) is 4.58. The predicted octanol–water partition coefficient (Wildman–Crippen LogP) is 10.8. The molecule has 41 heavy (non-hydrogen) atoms. The molecule has 0 spiro atoms. The topological polar surface area (TPSA) is 9.23 Å². The van der Waals surface area contributed by atoms with Gasteiger partial charge in [0, 0.05) is 12.1 Å². The van der Waals surface area contributed by atoms with Gasteiger partial charge in [-0.2, -0.15) is 22.0 Å². The van der Waals surface area contributed by atoms with Gasteiger partial charge in [0.15, 0.2) is 0 Å². The Morgan fingerprint density at radius 3 is 1.61 bits per heavy atom. The third-order valence-corrected chi connectivity index (χ3v) is 8.39. The smallest absolute Gasteiger partial charge is 0.429 e. The van der Waals surface area contributed by atoms with Gasteiger partial charge in [-0.05, 0) is 92.7 Å². The Bertz CT molecular complexity index is 1170. The number of ether oxygens (including phenoxy) is 1. The molecule has 10 heteroatoms. The summed E-state index contributed by atoms with van der Waals surface area (Å²) in [7, 11) is 0. The van der Waals surface area contributed by atoms with Crippen LogP contribution in [0.4, 0.5) is 39.5 Å². The molecule has 2 aliphatic carbocycles. The predicted molar refractivity (Wildman–Crippen MR) is 136 cm³/mol. The minimum Gasteiger partial charge on any atom is -0.429 e. The van der Waals surface area contributed by atoms with E-state index >= 15 is 0 Å². The highest BCUT2D eigenvalue weighted by Gasteiger charge is 2.43. The lowest BCUT2D eigenvalue weighted by molar-refractivity contribution is -0.189. The van der Waals surface area contributed by atoms with E-state index in [1.807, 2.05) is 0 Å². The molecule has 0 saturated heterocycles. The summed E-state index contributed by atoms with van der Waals surface area (Å²) in [6.45, 7) is 2.21. The molecule has 0 amide bonds. The molecule has 2 aromatic carbocycles. The number of rotatable bonds is 8. The largest absolute Gasteiger partial charge is 0.432 e. The van der Waals surface area contributed by atoms with Crippen LogP contribution < -0.4 is 4.74 Å². The van der Waals surface area contributed by atoms with Gasteiger partial charge in [0.25, 0.3) is 0 Å². The van der Waals surface area contributed by atoms with E-state index in [1.165, 1.54) is 38.5 Å². The van der Waals surface area contributed by atoms with Crippen LogP contribution in [-0.2, 0) is 12.3 Å². The summed E-state index contributed by atoms with van der Waals surface area (Å²) in [5.41, 5.74) is -3.88. The number of alkyl halides is 5. The maximum atomic E-state index is 14.8. The molecule has 226 valence electrons. The Morgan fingerprint density at radius 2 is 1.15 bits per heavy atom. The summed E-state index contributed by atoms with van der Waals surface area (Å²) in [4.78, 5) is 0. The van der Waals surface area contributed by atoms with Crippen LogP contribution in [0.5, 0.6) is 5.75 Å². The lowest BCUT2D eigenvalue weighted by atomic mass is 9.76. The van der Waals surface area contributed by atoms with E-state index in [2.05, 4.69) is 23.8 Å². The van der Waals surface area contributed by atoms with Crippen LogP contribution in [0.25, 0.3) is 0 Å². The molecule has 0 radical (unpaired) electrons. The number of allylic oxidation sites excluding steroid dienone is 2. The number of hydrogen-bond donors (Lipinski definition) is 0. The fourth-order valence-corrected chi connectivity index (χ4v) is 6.22. The SMILES string of the molecule is CCCC1CCC(/C=C/C2CCC(c3cc(F)c(C(F)(F)Oc4cc(F)c(C(F)(F)F)c(F)c4)c(F)c3)CC2)CC1. The summed E-state index contributed by atoms with van der Waals surface area (Å²) >= 11 is 0. The van der Waals surface area contributed by atoms with Crippen molar-refractivity contribution in [2.45, 2.75) is 89.3 Å². The molecular formula is C31H33F9O. The molecule has 4 rings (SSSR count). The second-order valence-electron chi connectivity index (χ2n) is 11.3. The fourth-order valence-electron chi connectivity index (χ4n) is 6.22. The van der Waals surface area contributed by atoms with Crippen LogP contribution in [-0.4, -0.2) is 0 Å². The van der Waals surface area contributed by atoms with E-state index in [0.29, 0.717) is 24.7 Å². The Kier molecular flexibility index (Phi) is 9.69. The second-order valence-corrected chi connectivity index (χ2v) is 11.3. The van der Waals surface area contributed by atoms with Crippen molar-refractivity contribution in [1.82, 2.24) is 0 Å². The highest BCUT2D eigenvalue weighted by atomic mass is 19.4. The normalized spacial score (nSPS) is 24.1. The van der Waals surface area contributed by atoms with Gasteiger partial charge in [0.1, 0.15) is 40.1 Å². The van der Waals surface area contributed by atoms with Crippen LogP contribution in [0, 0.1) is 41.0 Å². The van der Waals surface area contributed by atoms with E-state index < -0.39 is 52.4 Å². The molecule has 2 aromatic rings. The molecule has 2 saturated carbocycles. The first kappa shape index (κ1) is 31.3. The molecule has 0 atom stereocenters. The Hall–Kier alpha value is -2.65. The van der Waals surface area contributed by atoms with Crippen molar-refractivity contribution in [1.29, 1.82) is 0 Å². The first-order valence-electron chi connectivity index (χ1n) is 14.1. The van der Waals surface area contributed by atoms with Crippen LogP contribution >= 0.6 is 0 Å². The molecule has 0 aliphatic heterocycles. The quantitative estimate of drug-likeness (QED) is 0.219. The maximum Gasteiger partial charge on any atom is 0.432 e. The molecule has 0 N–H and O–H groups in total. The number of benzene rings is 2. The number of hydrogen-bond acceptors (Lipinski definition) is 1. The Balaban J connectivity index is 1.39.